The number of allylic oxidation sites excluding steroid dienone is 4. The first-order valence-electron chi connectivity index (χ1n) is 13.0. The minimum Gasteiger partial charge on any atom is -0.377 e. The Morgan fingerprint density at radius 1 is 0.833 bits per heavy atom. The predicted molar refractivity (Wildman–Crippen MR) is 133 cm³/mol. The van der Waals surface area contributed by atoms with Crippen LogP contribution in [0.5, 0.6) is 0 Å². The fraction of sp³-hybridized carbons (Fsp3) is 0.852. The van der Waals surface area contributed by atoms with Gasteiger partial charge in [0.05, 0.1) is 6.10 Å². The summed E-state index contributed by atoms with van der Waals surface area (Å²) in [6.45, 7) is 8.01. The highest BCUT2D eigenvalue weighted by Crippen LogP contribution is 2.14. The Morgan fingerprint density at radius 3 is 2.20 bits per heavy atom. The molecule has 0 saturated carbocycles. The predicted octanol–water partition coefficient (Wildman–Crippen LogP) is 6.84. The van der Waals surface area contributed by atoms with Gasteiger partial charge < -0.3 is 14.5 Å². The lowest BCUT2D eigenvalue weighted by atomic mass is 10.1. The molecule has 1 aliphatic rings. The van der Waals surface area contributed by atoms with Crippen molar-refractivity contribution in [1.29, 1.82) is 0 Å². The zero-order valence-electron chi connectivity index (χ0n) is 20.6. The molecular formula is C27H52N2O. The molecule has 0 amide bonds. The van der Waals surface area contributed by atoms with Crippen molar-refractivity contribution in [2.45, 2.75) is 103 Å². The molecule has 3 nitrogen and oxygen atoms in total. The molecule has 1 saturated heterocycles. The highest BCUT2D eigenvalue weighted by Gasteiger charge is 2.22. The second-order valence-corrected chi connectivity index (χ2v) is 9.32. The Balaban J connectivity index is 1.80. The summed E-state index contributed by atoms with van der Waals surface area (Å²) in [7, 11) is 4.31. The van der Waals surface area contributed by atoms with Crippen LogP contribution in [0.3, 0.4) is 0 Å². The lowest BCUT2D eigenvalue weighted by molar-refractivity contribution is 0.0562. The fourth-order valence-electron chi connectivity index (χ4n) is 4.09. The van der Waals surface area contributed by atoms with Crippen molar-refractivity contribution in [3.05, 3.63) is 24.3 Å². The normalized spacial score (nSPS) is 17.9. The summed E-state index contributed by atoms with van der Waals surface area (Å²) in [5, 5.41) is 0. The minimum atomic E-state index is 0.488. The smallest absolute Gasteiger partial charge is 0.0714 e. The third kappa shape index (κ3) is 17.1. The number of hydrogen-bond acceptors (Lipinski definition) is 3. The molecule has 1 atom stereocenters. The summed E-state index contributed by atoms with van der Waals surface area (Å²) in [6, 6.07) is 0. The first-order valence-corrected chi connectivity index (χ1v) is 13.0. The van der Waals surface area contributed by atoms with Crippen molar-refractivity contribution < 1.29 is 4.74 Å². The van der Waals surface area contributed by atoms with Crippen LogP contribution in [0.2, 0.25) is 0 Å². The standard InChI is InChI=1S/C27H52N2O/c1-4-5-6-7-8-9-10-11-12-13-14-15-16-17-18-19-25-30-27-21-24-29(26-27)23-20-22-28(2)3/h8-9,11-12,27H,4-7,10,13-26H2,1-3H3/b9-8-,12-11-/t27-/m0/s1. The van der Waals surface area contributed by atoms with Gasteiger partial charge in [0, 0.05) is 19.7 Å². The summed E-state index contributed by atoms with van der Waals surface area (Å²) >= 11 is 0. The number of hydrogen-bond donors (Lipinski definition) is 0. The molecule has 0 radical (unpaired) electrons. The molecule has 1 fully saturated rings. The van der Waals surface area contributed by atoms with Crippen LogP contribution >= 0.6 is 0 Å². The van der Waals surface area contributed by atoms with Gasteiger partial charge in [-0.3, -0.25) is 0 Å². The average Bonchev–Trinajstić information content (AvgIpc) is 3.17. The van der Waals surface area contributed by atoms with Crippen LogP contribution < -0.4 is 0 Å². The summed E-state index contributed by atoms with van der Waals surface area (Å²) in [5.74, 6) is 0. The molecule has 0 spiro atoms. The van der Waals surface area contributed by atoms with Crippen LogP contribution in [0, 0.1) is 0 Å². The third-order valence-electron chi connectivity index (χ3n) is 6.01. The molecule has 1 rings (SSSR count). The number of nitrogens with zero attached hydrogens (tertiary/aromatic N) is 2. The summed E-state index contributed by atoms with van der Waals surface area (Å²) < 4.78 is 6.11. The van der Waals surface area contributed by atoms with E-state index in [2.05, 4.69) is 55.1 Å². The SMILES string of the molecule is CCCCC/C=C\C/C=C\CCCCCCCCO[C@H]1CCN(CCCN(C)C)C1. The molecule has 0 aromatic heterocycles. The summed E-state index contributed by atoms with van der Waals surface area (Å²) in [4.78, 5) is 4.85. The van der Waals surface area contributed by atoms with Gasteiger partial charge in [-0.2, -0.15) is 0 Å². The quantitative estimate of drug-likeness (QED) is 0.158. The van der Waals surface area contributed by atoms with E-state index >= 15 is 0 Å². The second kappa shape index (κ2) is 20.3. The van der Waals surface area contributed by atoms with Crippen LogP contribution in [0.1, 0.15) is 96.8 Å². The van der Waals surface area contributed by atoms with Crippen LogP contribution in [0.4, 0.5) is 0 Å². The molecule has 176 valence electrons. The highest BCUT2D eigenvalue weighted by atomic mass is 16.5. The monoisotopic (exact) mass is 420 g/mol. The van der Waals surface area contributed by atoms with Crippen molar-refractivity contribution in [2.75, 3.05) is 46.9 Å². The molecule has 3 heteroatoms. The zero-order chi connectivity index (χ0) is 21.7. The Labute approximate surface area is 188 Å². The largest absolute Gasteiger partial charge is 0.377 e. The van der Waals surface area contributed by atoms with Crippen molar-refractivity contribution in [3.63, 3.8) is 0 Å². The molecule has 1 aliphatic heterocycles. The van der Waals surface area contributed by atoms with E-state index in [0.29, 0.717) is 6.10 Å². The van der Waals surface area contributed by atoms with Crippen LogP contribution in [0.15, 0.2) is 24.3 Å². The van der Waals surface area contributed by atoms with E-state index in [9.17, 15) is 0 Å². The lowest BCUT2D eigenvalue weighted by Gasteiger charge is -2.17. The van der Waals surface area contributed by atoms with Gasteiger partial charge in [-0.15, -0.1) is 0 Å². The molecule has 1 heterocycles. The average molecular weight is 421 g/mol. The minimum absolute atomic E-state index is 0.488. The number of unbranched alkanes of at least 4 members (excludes halogenated alkanes) is 9. The van der Waals surface area contributed by atoms with Gasteiger partial charge in [0.2, 0.25) is 0 Å². The lowest BCUT2D eigenvalue weighted by Crippen LogP contribution is -2.27. The maximum atomic E-state index is 6.11. The van der Waals surface area contributed by atoms with Crippen molar-refractivity contribution >= 4 is 0 Å². The van der Waals surface area contributed by atoms with Gasteiger partial charge >= 0.3 is 0 Å². The summed E-state index contributed by atoms with van der Waals surface area (Å²) in [5.41, 5.74) is 0. The second-order valence-electron chi connectivity index (χ2n) is 9.32. The molecule has 0 unspecified atom stereocenters. The summed E-state index contributed by atoms with van der Waals surface area (Å²) in [6.07, 6.45) is 28.0. The van der Waals surface area contributed by atoms with Gasteiger partial charge in [0.25, 0.3) is 0 Å². The molecule has 0 N–H and O–H groups in total. The number of likely N-dealkylation sites (tertiary alicyclic amines) is 1. The molecular weight excluding hydrogens is 368 g/mol. The van der Waals surface area contributed by atoms with Gasteiger partial charge in [-0.1, -0.05) is 69.8 Å². The Kier molecular flexibility index (Phi) is 18.5. The fourth-order valence-corrected chi connectivity index (χ4v) is 4.09. The number of ether oxygens (including phenoxy) is 1. The van der Waals surface area contributed by atoms with Crippen LogP contribution in [-0.4, -0.2) is 62.8 Å². The Hall–Kier alpha value is -0.640. The Bertz CT molecular complexity index is 419. The first kappa shape index (κ1) is 27.4. The highest BCUT2D eigenvalue weighted by molar-refractivity contribution is 4.92. The maximum Gasteiger partial charge on any atom is 0.0714 e. The molecule has 0 aliphatic carbocycles. The van der Waals surface area contributed by atoms with E-state index in [-0.39, 0.29) is 0 Å². The Morgan fingerprint density at radius 2 is 1.50 bits per heavy atom. The van der Waals surface area contributed by atoms with Gasteiger partial charge in [0.15, 0.2) is 0 Å². The molecule has 0 aromatic rings. The van der Waals surface area contributed by atoms with Gasteiger partial charge in [-0.25, -0.2) is 0 Å². The topological polar surface area (TPSA) is 15.7 Å². The molecule has 0 bridgehead atoms. The van der Waals surface area contributed by atoms with Crippen molar-refractivity contribution in [1.82, 2.24) is 9.80 Å². The van der Waals surface area contributed by atoms with Gasteiger partial charge in [0.1, 0.15) is 0 Å². The van der Waals surface area contributed by atoms with Crippen LogP contribution in [0.25, 0.3) is 0 Å². The van der Waals surface area contributed by atoms with E-state index < -0.39 is 0 Å². The molecule has 30 heavy (non-hydrogen) atoms. The van der Waals surface area contributed by atoms with E-state index in [1.54, 1.807) is 0 Å². The van der Waals surface area contributed by atoms with Crippen molar-refractivity contribution in [3.8, 4) is 0 Å². The van der Waals surface area contributed by atoms with Crippen molar-refractivity contribution in [2.24, 2.45) is 0 Å². The first-order chi connectivity index (χ1) is 14.7. The third-order valence-corrected chi connectivity index (χ3v) is 6.01. The molecule has 0 aromatic carbocycles. The van der Waals surface area contributed by atoms with E-state index in [1.165, 1.54) is 103 Å². The van der Waals surface area contributed by atoms with E-state index in [0.717, 1.165) is 19.6 Å². The van der Waals surface area contributed by atoms with Gasteiger partial charge in [-0.05, 0) is 78.6 Å². The van der Waals surface area contributed by atoms with Crippen LogP contribution in [-0.2, 0) is 4.74 Å². The van der Waals surface area contributed by atoms with E-state index in [1.807, 2.05) is 0 Å². The number of rotatable bonds is 20. The zero-order valence-corrected chi connectivity index (χ0v) is 20.6. The van der Waals surface area contributed by atoms with E-state index in [4.69, 9.17) is 4.74 Å². The maximum absolute atomic E-state index is 6.11.